The molecule has 2 saturated carbocycles. The Labute approximate surface area is 251 Å². The highest BCUT2D eigenvalue weighted by Crippen LogP contribution is 2.62. The predicted octanol–water partition coefficient (Wildman–Crippen LogP) is 11.3. The number of benzene rings is 2. The number of aldehydes is 1. The number of alkyl halides is 2. The van der Waals surface area contributed by atoms with E-state index in [2.05, 4.69) is 72.4 Å². The van der Waals surface area contributed by atoms with E-state index in [9.17, 15) is 8.78 Å². The van der Waals surface area contributed by atoms with Crippen molar-refractivity contribution in [3.05, 3.63) is 82.9 Å². The molecule has 2 nitrogen and oxygen atoms in total. The van der Waals surface area contributed by atoms with Crippen LogP contribution >= 0.6 is 0 Å². The van der Waals surface area contributed by atoms with Crippen LogP contribution in [0, 0.1) is 43.4 Å². The Morgan fingerprint density at radius 2 is 1.39 bits per heavy atom. The van der Waals surface area contributed by atoms with E-state index in [1.165, 1.54) is 80.7 Å². The predicted molar refractivity (Wildman–Crippen MR) is 174 cm³/mol. The quantitative estimate of drug-likeness (QED) is 0.270. The number of aryl methyl sites for hydroxylation is 3. The van der Waals surface area contributed by atoms with Gasteiger partial charge in [0, 0.05) is 13.9 Å². The van der Waals surface area contributed by atoms with Gasteiger partial charge in [-0.25, -0.2) is 8.78 Å². The second-order valence-corrected chi connectivity index (χ2v) is 13.1. The van der Waals surface area contributed by atoms with Crippen LogP contribution in [0.25, 0.3) is 0 Å². The second-order valence-electron chi connectivity index (χ2n) is 13.1. The molecule has 0 aromatic heterocycles. The van der Waals surface area contributed by atoms with E-state index in [-0.39, 0.29) is 6.99 Å². The first kappa shape index (κ1) is 38.4. The van der Waals surface area contributed by atoms with Crippen molar-refractivity contribution in [3.8, 4) is 0 Å². The SMILES string of the molecule is C=C(C)C1CCC(C2(CC(C)(C)C)CC2)CC1.C=O.CC=O.Cc1cccc(C(C)(F)F)c1.Cc1ccccc1C.[HH]. The van der Waals surface area contributed by atoms with Gasteiger partial charge in [0.1, 0.15) is 13.1 Å². The van der Waals surface area contributed by atoms with Crippen molar-refractivity contribution < 1.29 is 19.8 Å². The number of hydrogen-bond donors (Lipinski definition) is 0. The van der Waals surface area contributed by atoms with Crippen molar-refractivity contribution in [2.24, 2.45) is 22.7 Å². The minimum Gasteiger partial charge on any atom is -0.307 e. The third-order valence-electron chi connectivity index (χ3n) is 8.02. The molecule has 2 aromatic rings. The molecule has 0 radical (unpaired) electrons. The molecule has 2 aliphatic carbocycles. The highest BCUT2D eigenvalue weighted by Gasteiger charge is 2.51. The lowest BCUT2D eigenvalue weighted by Gasteiger charge is -2.37. The summed E-state index contributed by atoms with van der Waals surface area (Å²) in [4.78, 5) is 16.8. The summed E-state index contributed by atoms with van der Waals surface area (Å²) >= 11 is 0. The number of hydrogen-bond acceptors (Lipinski definition) is 2. The maximum Gasteiger partial charge on any atom is 0.270 e. The van der Waals surface area contributed by atoms with Gasteiger partial charge in [-0.05, 0) is 113 Å². The van der Waals surface area contributed by atoms with Crippen molar-refractivity contribution >= 4 is 13.1 Å². The van der Waals surface area contributed by atoms with Crippen LogP contribution in [0.2, 0.25) is 0 Å². The van der Waals surface area contributed by atoms with Gasteiger partial charge in [0.05, 0.1) is 0 Å². The topological polar surface area (TPSA) is 34.1 Å². The van der Waals surface area contributed by atoms with Gasteiger partial charge in [-0.15, -0.1) is 0 Å². The van der Waals surface area contributed by atoms with Crippen molar-refractivity contribution in [2.45, 2.75) is 113 Å². The standard InChI is InChI=1S/C17H30.C9H10F2.C8H10.C2H4O.CH2O.H2/c1-13(2)14-6-8-15(9-7-14)17(10-11-17)12-16(3,4)5;1-7-4-3-5-8(6-7)9(2,10)11;1-7-5-3-4-6-8(7)2;1-2-3;1-2;/h14-15H,1,6-12H2,2-5H3;3-6H,1-2H3;3-6H,1-2H3;2H,1H3;1H2;1H. The monoisotopic (exact) mass is 572 g/mol. The molecule has 0 heterocycles. The average Bonchev–Trinajstić information content (AvgIpc) is 3.67. The Kier molecular flexibility index (Phi) is 16.9. The van der Waals surface area contributed by atoms with Crippen LogP contribution in [-0.4, -0.2) is 13.1 Å². The maximum atomic E-state index is 12.6. The van der Waals surface area contributed by atoms with Crippen LogP contribution in [0.5, 0.6) is 0 Å². The summed E-state index contributed by atoms with van der Waals surface area (Å²) in [5.41, 5.74) is 6.37. The Morgan fingerprint density at radius 1 is 0.927 bits per heavy atom. The molecule has 2 fully saturated rings. The number of rotatable bonds is 4. The Bertz CT molecular complexity index is 1020. The molecule has 0 amide bonds. The lowest BCUT2D eigenvalue weighted by molar-refractivity contribution is -0.106. The minimum atomic E-state index is -2.72. The molecule has 0 unspecified atom stereocenters. The van der Waals surface area contributed by atoms with Gasteiger partial charge in [-0.1, -0.05) is 87.0 Å². The van der Waals surface area contributed by atoms with Gasteiger partial charge < -0.3 is 9.59 Å². The van der Waals surface area contributed by atoms with Crippen molar-refractivity contribution in [2.75, 3.05) is 0 Å². The Morgan fingerprint density at radius 3 is 1.68 bits per heavy atom. The smallest absolute Gasteiger partial charge is 0.270 e. The summed E-state index contributed by atoms with van der Waals surface area (Å²) in [5.74, 6) is -0.861. The van der Waals surface area contributed by atoms with Crippen LogP contribution in [0.1, 0.15) is 110 Å². The third kappa shape index (κ3) is 15.3. The zero-order valence-electron chi connectivity index (χ0n) is 27.3. The lowest BCUT2D eigenvalue weighted by Crippen LogP contribution is -2.26. The number of carbonyl (C=O) groups is 2. The van der Waals surface area contributed by atoms with Gasteiger partial charge in [0.15, 0.2) is 0 Å². The van der Waals surface area contributed by atoms with E-state index in [4.69, 9.17) is 9.59 Å². The Hall–Kier alpha value is -2.62. The molecular formula is C37H58F2O2. The van der Waals surface area contributed by atoms with Gasteiger partial charge in [-0.3, -0.25) is 0 Å². The van der Waals surface area contributed by atoms with Gasteiger partial charge in [-0.2, -0.15) is 0 Å². The molecule has 232 valence electrons. The van der Waals surface area contributed by atoms with Gasteiger partial charge >= 0.3 is 0 Å². The minimum absolute atomic E-state index is 0. The molecule has 0 atom stereocenters. The van der Waals surface area contributed by atoms with Crippen molar-refractivity contribution in [1.29, 1.82) is 0 Å². The van der Waals surface area contributed by atoms with E-state index in [0.29, 0.717) is 5.41 Å². The van der Waals surface area contributed by atoms with Crippen LogP contribution < -0.4 is 0 Å². The first-order chi connectivity index (χ1) is 19.0. The van der Waals surface area contributed by atoms with Gasteiger partial charge in [0.2, 0.25) is 0 Å². The zero-order valence-corrected chi connectivity index (χ0v) is 27.3. The van der Waals surface area contributed by atoms with Crippen molar-refractivity contribution in [3.63, 3.8) is 0 Å². The number of allylic oxidation sites excluding steroid dienone is 1. The average molecular weight is 573 g/mol. The fourth-order valence-corrected chi connectivity index (χ4v) is 5.73. The first-order valence-corrected chi connectivity index (χ1v) is 14.9. The second kappa shape index (κ2) is 18.0. The van der Waals surface area contributed by atoms with Crippen LogP contribution in [0.3, 0.4) is 0 Å². The van der Waals surface area contributed by atoms with E-state index in [1.807, 2.05) is 6.79 Å². The third-order valence-corrected chi connectivity index (χ3v) is 8.02. The molecule has 41 heavy (non-hydrogen) atoms. The Balaban J connectivity index is 0. The molecule has 2 aliphatic rings. The van der Waals surface area contributed by atoms with Crippen LogP contribution in [0.4, 0.5) is 8.78 Å². The molecule has 4 heteroatoms. The van der Waals surface area contributed by atoms with E-state index < -0.39 is 5.92 Å². The molecule has 0 saturated heterocycles. The van der Waals surface area contributed by atoms with Crippen LogP contribution in [0.15, 0.2) is 60.7 Å². The highest BCUT2D eigenvalue weighted by atomic mass is 19.3. The highest BCUT2D eigenvalue weighted by molar-refractivity contribution is 5.44. The fraction of sp³-hybridized carbons (Fsp3) is 0.568. The molecule has 0 aliphatic heterocycles. The summed E-state index contributed by atoms with van der Waals surface area (Å²) in [6.07, 6.45) is 11.0. The summed E-state index contributed by atoms with van der Waals surface area (Å²) in [7, 11) is 0. The summed E-state index contributed by atoms with van der Waals surface area (Å²) in [5, 5.41) is 0. The van der Waals surface area contributed by atoms with E-state index >= 15 is 0 Å². The number of carbonyl (C=O) groups excluding carboxylic acids is 2. The number of halogens is 2. The van der Waals surface area contributed by atoms with E-state index in [1.54, 1.807) is 19.1 Å². The molecule has 0 bridgehead atoms. The molecule has 4 rings (SSSR count). The molecular weight excluding hydrogens is 514 g/mol. The van der Waals surface area contributed by atoms with E-state index in [0.717, 1.165) is 36.0 Å². The van der Waals surface area contributed by atoms with Crippen LogP contribution in [-0.2, 0) is 15.5 Å². The summed E-state index contributed by atoms with van der Waals surface area (Å²) in [6.45, 7) is 24.0. The largest absolute Gasteiger partial charge is 0.307 e. The maximum absolute atomic E-state index is 12.6. The fourth-order valence-electron chi connectivity index (χ4n) is 5.73. The zero-order chi connectivity index (χ0) is 31.9. The normalized spacial score (nSPS) is 18.7. The molecule has 0 spiro atoms. The molecule has 2 aromatic carbocycles. The van der Waals surface area contributed by atoms with Gasteiger partial charge in [0.25, 0.3) is 5.92 Å². The summed E-state index contributed by atoms with van der Waals surface area (Å²) in [6, 6.07) is 14.7. The van der Waals surface area contributed by atoms with Crippen molar-refractivity contribution in [1.82, 2.24) is 0 Å². The summed E-state index contributed by atoms with van der Waals surface area (Å²) < 4.78 is 25.3. The lowest BCUT2D eigenvalue weighted by atomic mass is 9.68. The first-order valence-electron chi connectivity index (χ1n) is 14.9. The molecule has 0 N–H and O–H groups in total.